The molecule has 1 aromatic heterocycles. The Hall–Kier alpha value is -1.81. The van der Waals surface area contributed by atoms with Crippen molar-refractivity contribution in [1.29, 1.82) is 0 Å². The summed E-state index contributed by atoms with van der Waals surface area (Å²) in [6.45, 7) is 0.633. The zero-order valence-corrected chi connectivity index (χ0v) is 11.8. The number of fused-ring (bicyclic) bond motifs is 1. The average Bonchev–Trinajstić information content (AvgIpc) is 2.85. The summed E-state index contributed by atoms with van der Waals surface area (Å²) in [5, 5.41) is 12.6. The molecule has 0 unspecified atom stereocenters. The van der Waals surface area contributed by atoms with E-state index in [0.717, 1.165) is 47.8 Å². The third kappa shape index (κ3) is 2.31. The smallest absolute Gasteiger partial charge is 0.0821 e. The van der Waals surface area contributed by atoms with Crippen LogP contribution in [0.3, 0.4) is 0 Å². The Morgan fingerprint density at radius 3 is 2.80 bits per heavy atom. The highest BCUT2D eigenvalue weighted by atomic mass is 16.3. The van der Waals surface area contributed by atoms with E-state index in [-0.39, 0.29) is 0 Å². The van der Waals surface area contributed by atoms with Crippen LogP contribution in [0.5, 0.6) is 0 Å². The van der Waals surface area contributed by atoms with Gasteiger partial charge in [-0.25, -0.2) is 0 Å². The number of hydrogen-bond acceptors (Lipinski definition) is 4. The quantitative estimate of drug-likeness (QED) is 0.842. The molecule has 106 valence electrons. The van der Waals surface area contributed by atoms with E-state index in [9.17, 15) is 5.11 Å². The van der Waals surface area contributed by atoms with Gasteiger partial charge in [-0.3, -0.25) is 4.98 Å². The van der Waals surface area contributed by atoms with Gasteiger partial charge in [-0.05, 0) is 25.0 Å². The van der Waals surface area contributed by atoms with Crippen LogP contribution in [0.15, 0.2) is 30.6 Å². The van der Waals surface area contributed by atoms with E-state index in [0.29, 0.717) is 6.54 Å². The molecule has 0 spiro atoms. The van der Waals surface area contributed by atoms with E-state index in [4.69, 9.17) is 5.73 Å². The Balaban J connectivity index is 1.91. The summed E-state index contributed by atoms with van der Waals surface area (Å²) in [5.41, 5.74) is 7.46. The number of nitrogen functional groups attached to an aromatic ring is 1. The van der Waals surface area contributed by atoms with E-state index in [1.807, 2.05) is 31.4 Å². The highest BCUT2D eigenvalue weighted by molar-refractivity contribution is 5.98. The monoisotopic (exact) mass is 271 g/mol. The van der Waals surface area contributed by atoms with Crippen molar-refractivity contribution in [3.05, 3.63) is 30.6 Å². The number of nitrogens with two attached hydrogens (primary N) is 1. The molecule has 2 aromatic rings. The zero-order chi connectivity index (χ0) is 14.2. The van der Waals surface area contributed by atoms with Gasteiger partial charge in [-0.2, -0.15) is 0 Å². The summed E-state index contributed by atoms with van der Waals surface area (Å²) in [4.78, 5) is 6.18. The Bertz CT molecular complexity index is 620. The van der Waals surface area contributed by atoms with Crippen molar-refractivity contribution >= 4 is 22.1 Å². The van der Waals surface area contributed by atoms with Crippen LogP contribution in [0, 0.1) is 0 Å². The van der Waals surface area contributed by atoms with Crippen LogP contribution in [-0.4, -0.2) is 29.3 Å². The summed E-state index contributed by atoms with van der Waals surface area (Å²) < 4.78 is 0. The Kier molecular flexibility index (Phi) is 3.26. The number of rotatable bonds is 3. The first kappa shape index (κ1) is 13.2. The lowest BCUT2D eigenvalue weighted by Crippen LogP contribution is -2.39. The number of aromatic nitrogens is 1. The fourth-order valence-electron chi connectivity index (χ4n) is 3.23. The lowest BCUT2D eigenvalue weighted by Gasteiger charge is -2.31. The first-order valence-corrected chi connectivity index (χ1v) is 7.15. The summed E-state index contributed by atoms with van der Waals surface area (Å²) in [6, 6.07) is 5.98. The van der Waals surface area contributed by atoms with Crippen molar-refractivity contribution in [2.24, 2.45) is 0 Å². The molecular weight excluding hydrogens is 250 g/mol. The second kappa shape index (κ2) is 4.94. The van der Waals surface area contributed by atoms with Crippen LogP contribution < -0.4 is 10.6 Å². The van der Waals surface area contributed by atoms with Crippen LogP contribution >= 0.6 is 0 Å². The molecule has 1 heterocycles. The van der Waals surface area contributed by atoms with E-state index < -0.39 is 5.60 Å². The molecule has 3 rings (SSSR count). The molecule has 0 amide bonds. The maximum Gasteiger partial charge on any atom is 0.0821 e. The molecule has 4 nitrogen and oxygen atoms in total. The fourth-order valence-corrected chi connectivity index (χ4v) is 3.23. The highest BCUT2D eigenvalue weighted by Crippen LogP contribution is 2.34. The largest absolute Gasteiger partial charge is 0.397 e. The van der Waals surface area contributed by atoms with E-state index >= 15 is 0 Å². The van der Waals surface area contributed by atoms with Crippen LogP contribution in [0.1, 0.15) is 25.7 Å². The Labute approximate surface area is 119 Å². The lowest BCUT2D eigenvalue weighted by molar-refractivity contribution is 0.0559. The SMILES string of the molecule is CN(CC1(O)CCCC1)c1ccc2cnccc2c1N. The molecule has 4 heteroatoms. The third-order valence-electron chi connectivity index (χ3n) is 4.32. The number of hydrogen-bond donors (Lipinski definition) is 2. The number of nitrogens with zero attached hydrogens (tertiary/aromatic N) is 2. The standard InChI is InChI=1S/C16H21N3O/c1-19(11-16(20)7-2-3-8-16)14-5-4-12-10-18-9-6-13(12)15(14)17/h4-6,9-10,20H,2-3,7-8,11,17H2,1H3. The Morgan fingerprint density at radius 2 is 2.05 bits per heavy atom. The number of anilines is 2. The second-order valence-corrected chi connectivity index (χ2v) is 5.88. The minimum absolute atomic E-state index is 0.561. The molecule has 3 N–H and O–H groups in total. The van der Waals surface area contributed by atoms with Gasteiger partial charge in [0.2, 0.25) is 0 Å². The van der Waals surface area contributed by atoms with Crippen molar-refractivity contribution in [1.82, 2.24) is 4.98 Å². The van der Waals surface area contributed by atoms with Crippen LogP contribution in [-0.2, 0) is 0 Å². The molecule has 20 heavy (non-hydrogen) atoms. The predicted octanol–water partition coefficient (Wildman–Crippen LogP) is 2.56. The van der Waals surface area contributed by atoms with Crippen LogP contribution in [0.4, 0.5) is 11.4 Å². The Morgan fingerprint density at radius 1 is 1.30 bits per heavy atom. The minimum atomic E-state index is -0.561. The molecule has 0 atom stereocenters. The number of benzene rings is 1. The van der Waals surface area contributed by atoms with Crippen LogP contribution in [0.25, 0.3) is 10.8 Å². The molecule has 1 aliphatic rings. The maximum absolute atomic E-state index is 10.5. The van der Waals surface area contributed by atoms with Crippen molar-refractivity contribution in [3.8, 4) is 0 Å². The van der Waals surface area contributed by atoms with Gasteiger partial charge in [0.15, 0.2) is 0 Å². The molecule has 0 aliphatic heterocycles. The predicted molar refractivity (Wildman–Crippen MR) is 82.8 cm³/mol. The first-order chi connectivity index (χ1) is 9.59. The summed E-state index contributed by atoms with van der Waals surface area (Å²) in [6.07, 6.45) is 7.57. The summed E-state index contributed by atoms with van der Waals surface area (Å²) in [5.74, 6) is 0. The fraction of sp³-hybridized carbons (Fsp3) is 0.438. The molecule has 0 bridgehead atoms. The summed E-state index contributed by atoms with van der Waals surface area (Å²) >= 11 is 0. The molecule has 0 saturated heterocycles. The molecule has 1 aromatic carbocycles. The van der Waals surface area contributed by atoms with Crippen molar-refractivity contribution in [2.75, 3.05) is 24.2 Å². The van der Waals surface area contributed by atoms with Gasteiger partial charge in [0.25, 0.3) is 0 Å². The van der Waals surface area contributed by atoms with E-state index in [1.54, 1.807) is 6.20 Å². The van der Waals surface area contributed by atoms with E-state index in [1.165, 1.54) is 0 Å². The second-order valence-electron chi connectivity index (χ2n) is 5.88. The van der Waals surface area contributed by atoms with Gasteiger partial charge in [0.1, 0.15) is 0 Å². The number of aliphatic hydroxyl groups is 1. The molecular formula is C16H21N3O. The minimum Gasteiger partial charge on any atom is -0.397 e. The molecule has 1 fully saturated rings. The molecule has 0 radical (unpaired) electrons. The van der Waals surface area contributed by atoms with E-state index in [2.05, 4.69) is 9.88 Å². The van der Waals surface area contributed by atoms with Gasteiger partial charge in [-0.1, -0.05) is 18.9 Å². The first-order valence-electron chi connectivity index (χ1n) is 7.15. The van der Waals surface area contributed by atoms with Gasteiger partial charge in [0.05, 0.1) is 17.0 Å². The average molecular weight is 271 g/mol. The van der Waals surface area contributed by atoms with Gasteiger partial charge >= 0.3 is 0 Å². The number of pyridine rings is 1. The van der Waals surface area contributed by atoms with Gasteiger partial charge < -0.3 is 15.7 Å². The topological polar surface area (TPSA) is 62.4 Å². The highest BCUT2D eigenvalue weighted by Gasteiger charge is 2.32. The number of likely N-dealkylation sites (N-methyl/N-ethyl adjacent to an activating group) is 1. The molecule has 1 saturated carbocycles. The van der Waals surface area contributed by atoms with Gasteiger partial charge in [-0.15, -0.1) is 0 Å². The van der Waals surface area contributed by atoms with Crippen LogP contribution in [0.2, 0.25) is 0 Å². The zero-order valence-electron chi connectivity index (χ0n) is 11.8. The lowest BCUT2D eigenvalue weighted by atomic mass is 10.0. The van der Waals surface area contributed by atoms with Crippen molar-refractivity contribution < 1.29 is 5.11 Å². The van der Waals surface area contributed by atoms with Gasteiger partial charge in [0, 0.05) is 36.8 Å². The maximum atomic E-state index is 10.5. The normalized spacial score (nSPS) is 17.5. The van der Waals surface area contributed by atoms with Crippen molar-refractivity contribution in [3.63, 3.8) is 0 Å². The summed E-state index contributed by atoms with van der Waals surface area (Å²) in [7, 11) is 2.00. The third-order valence-corrected chi connectivity index (χ3v) is 4.32. The van der Waals surface area contributed by atoms with Crippen molar-refractivity contribution in [2.45, 2.75) is 31.3 Å². The molecule has 1 aliphatic carbocycles.